The van der Waals surface area contributed by atoms with E-state index in [0.717, 1.165) is 0 Å². The third kappa shape index (κ3) is 13.7. The van der Waals surface area contributed by atoms with E-state index in [4.69, 9.17) is 67.2 Å². The fourth-order valence-corrected chi connectivity index (χ4v) is 11.9. The molecule has 3 saturated heterocycles. The number of hydrogen-bond acceptors (Lipinski definition) is 26. The van der Waals surface area contributed by atoms with Gasteiger partial charge < -0.3 is 119 Å². The molecule has 0 bridgehead atoms. The highest BCUT2D eigenvalue weighted by molar-refractivity contribution is 8.00. The zero-order chi connectivity index (χ0) is 57.7. The fourth-order valence-electron chi connectivity index (χ4n) is 10.3. The predicted octanol–water partition coefficient (Wildman–Crippen LogP) is -3.75. The second-order valence-corrected chi connectivity index (χ2v) is 22.3. The molecular weight excluding hydrogens is 1090 g/mol. The van der Waals surface area contributed by atoms with Crippen molar-refractivity contribution in [2.24, 2.45) is 40.3 Å². The molecule has 11 unspecified atom stereocenters. The van der Waals surface area contributed by atoms with Crippen LogP contribution < -0.4 is 50.5 Å². The number of carbonyl (C=O) groups excluding carboxylic acids is 2. The van der Waals surface area contributed by atoms with E-state index in [-0.39, 0.29) is 95.0 Å². The second kappa shape index (κ2) is 27.1. The Kier molecular flexibility index (Phi) is 20.8. The minimum absolute atomic E-state index is 0.0457. The van der Waals surface area contributed by atoms with E-state index in [1.165, 1.54) is 66.0 Å². The van der Waals surface area contributed by atoms with E-state index in [0.29, 0.717) is 22.3 Å². The highest BCUT2D eigenvalue weighted by Gasteiger charge is 2.54. The Bertz CT molecular complexity index is 2810. The van der Waals surface area contributed by atoms with Crippen molar-refractivity contribution in [1.82, 2.24) is 5.32 Å². The Morgan fingerprint density at radius 3 is 2.08 bits per heavy atom. The molecule has 440 valence electrons. The number of thioether (sulfide) groups is 2. The summed E-state index contributed by atoms with van der Waals surface area (Å²) in [5.41, 5.74) is 38.2. The molecule has 0 spiro atoms. The number of amides is 2. The molecule has 2 amide bonds. The number of phenols is 1. The van der Waals surface area contributed by atoms with Gasteiger partial charge in [0.25, 0.3) is 0 Å². The molecule has 1 saturated carbocycles. The summed E-state index contributed by atoms with van der Waals surface area (Å²) in [5.74, 6) is -2.19. The number of anilines is 1. The van der Waals surface area contributed by atoms with E-state index in [2.05, 4.69) is 10.6 Å². The molecule has 4 fully saturated rings. The van der Waals surface area contributed by atoms with Crippen LogP contribution in [0.5, 0.6) is 5.75 Å². The molecular formula is C51H70N8O19S2. The van der Waals surface area contributed by atoms with Gasteiger partial charge in [-0.1, -0.05) is 6.07 Å². The Hall–Kier alpha value is -4.68. The van der Waals surface area contributed by atoms with Crippen molar-refractivity contribution in [2.45, 2.75) is 123 Å². The van der Waals surface area contributed by atoms with Crippen molar-refractivity contribution >= 4 is 58.0 Å². The van der Waals surface area contributed by atoms with Gasteiger partial charge in [0.1, 0.15) is 59.8 Å². The third-order valence-corrected chi connectivity index (χ3v) is 16.6. The Morgan fingerprint density at radius 2 is 1.36 bits per heavy atom. The first-order chi connectivity index (χ1) is 38.2. The first-order valence-electron chi connectivity index (χ1n) is 25.9. The number of rotatable bonds is 22. The second-order valence-electron chi connectivity index (χ2n) is 20.1. The van der Waals surface area contributed by atoms with E-state index in [9.17, 15) is 60.0 Å². The van der Waals surface area contributed by atoms with Crippen LogP contribution in [0.1, 0.15) is 23.2 Å². The quantitative estimate of drug-likeness (QED) is 0.0266. The topological polar surface area (TPSA) is 479 Å². The lowest BCUT2D eigenvalue weighted by molar-refractivity contribution is -0.306. The van der Waals surface area contributed by atoms with Gasteiger partial charge in [-0.2, -0.15) is 23.5 Å². The van der Waals surface area contributed by atoms with Crippen LogP contribution in [0.15, 0.2) is 63.8 Å². The van der Waals surface area contributed by atoms with Gasteiger partial charge in [-0.3, -0.25) is 14.4 Å². The summed E-state index contributed by atoms with van der Waals surface area (Å²) in [6, 6.07) is 8.70. The first kappa shape index (κ1) is 61.4. The zero-order valence-corrected chi connectivity index (χ0v) is 44.7. The summed E-state index contributed by atoms with van der Waals surface area (Å²) in [5, 5.41) is 91.7. The molecule has 19 atom stereocenters. The number of aromatic hydroxyl groups is 1. The lowest BCUT2D eigenvalue weighted by Gasteiger charge is -2.47. The molecule has 4 heterocycles. The Morgan fingerprint density at radius 1 is 0.688 bits per heavy atom. The van der Waals surface area contributed by atoms with Crippen LogP contribution in [0.4, 0.5) is 5.69 Å². The molecule has 22 N–H and O–H groups in total. The highest BCUT2D eigenvalue weighted by Crippen LogP contribution is 2.43. The maximum absolute atomic E-state index is 13.0. The molecule has 8 rings (SSSR count). The minimum Gasteiger partial charge on any atom is -0.508 e. The van der Waals surface area contributed by atoms with Crippen LogP contribution in [0.25, 0.3) is 33.4 Å². The maximum Gasteiger partial charge on any atom is 0.336 e. The lowest BCUT2D eigenvalue weighted by atomic mass is 9.84. The van der Waals surface area contributed by atoms with Gasteiger partial charge in [0.05, 0.1) is 54.4 Å². The van der Waals surface area contributed by atoms with Gasteiger partial charge in [-0.15, -0.1) is 0 Å². The van der Waals surface area contributed by atoms with E-state index in [1.807, 2.05) is 0 Å². The SMILES string of the molecule is NCC1O[C@H](O[C@@H]2C(N)C[C@@H](N)C(O)C2OC2O[C@@H](CSCCNC(=O)CCSCC(=O)Nc3ccc(-c4c5ccc(=O)cc-5oc5cc(O)ccc45)c(C(=O)O)c3)C(O[C@H]3O[C@@H](CN)[C@@H](O)C(CO)C3N)C2O)C(N)C(O)[C@@H]1O. The maximum atomic E-state index is 13.0. The van der Waals surface area contributed by atoms with Gasteiger partial charge in [-0.25, -0.2) is 4.79 Å². The summed E-state index contributed by atoms with van der Waals surface area (Å²) in [6.45, 7) is -0.694. The van der Waals surface area contributed by atoms with Gasteiger partial charge in [-0.05, 0) is 48.4 Å². The lowest BCUT2D eigenvalue weighted by Crippen LogP contribution is -2.68. The van der Waals surface area contributed by atoms with Crippen LogP contribution in [0, 0.1) is 5.92 Å². The summed E-state index contributed by atoms with van der Waals surface area (Å²) in [4.78, 5) is 50.7. The molecule has 0 radical (unpaired) electrons. The van der Waals surface area contributed by atoms with Crippen LogP contribution in [-0.2, 0) is 38.0 Å². The number of carboxylic acid groups (broad SMARTS) is 1. The normalized spacial score (nSPS) is 33.7. The standard InChI is InChI=1S/C51H70N8O19S2/c52-15-32-40(65)27(17-60)38(56)49(73-32)77-46-34(75-51(44(46)69)78-47-41(66)28(54)14-29(55)45(47)76-50-39(57)43(68)42(67)33(16-53)74-50)18-80-10-8-58-35(63)7-9-79-19-36(64)59-20-1-4-23(26(11-20)48(70)71)37-24-5-2-21(61)12-30(24)72-31-13-22(62)3-6-25(31)37/h1-6,11-13,27-29,32-34,38-47,49-51,60-61,65-69H,7-10,14-19,52-57H2,(H,58,63)(H,59,64)(H,70,71)/t27?,28-,29?,32+,33?,34+,38?,39?,40+,41?,42-,43?,44?,45-,46?,47?,49-,50-,51?/m1/s1. The number of hydrogen-bond donors (Lipinski definition) is 16. The number of ether oxygens (including phenoxy) is 6. The molecule has 2 aliphatic carbocycles. The van der Waals surface area contributed by atoms with Crippen molar-refractivity contribution in [2.75, 3.05) is 54.6 Å². The number of carbonyl (C=O) groups is 3. The average molecular weight is 1160 g/mol. The van der Waals surface area contributed by atoms with Crippen LogP contribution >= 0.6 is 23.5 Å². The molecule has 80 heavy (non-hydrogen) atoms. The van der Waals surface area contributed by atoms with Crippen molar-refractivity contribution in [1.29, 1.82) is 0 Å². The minimum atomic E-state index is -1.62. The zero-order valence-electron chi connectivity index (χ0n) is 43.1. The molecule has 0 aromatic heterocycles. The van der Waals surface area contributed by atoms with Gasteiger partial charge in [0, 0.05) is 95.6 Å². The smallest absolute Gasteiger partial charge is 0.336 e. The molecule has 4 aliphatic heterocycles. The number of nitrogens with one attached hydrogen (secondary N) is 2. The number of aromatic carboxylic acids is 1. The molecule has 6 aliphatic rings. The molecule has 27 nitrogen and oxygen atoms in total. The van der Waals surface area contributed by atoms with E-state index >= 15 is 0 Å². The molecule has 2 aromatic carbocycles. The highest BCUT2D eigenvalue weighted by atomic mass is 32.2. The van der Waals surface area contributed by atoms with E-state index < -0.39 is 135 Å². The Labute approximate surface area is 466 Å². The number of aliphatic hydroxyl groups excluding tert-OH is 6. The van der Waals surface area contributed by atoms with Crippen molar-refractivity contribution in [3.8, 4) is 28.2 Å². The van der Waals surface area contributed by atoms with Crippen molar-refractivity contribution in [3.05, 3.63) is 70.4 Å². The molecule has 29 heteroatoms. The molecule has 2 aromatic rings. The van der Waals surface area contributed by atoms with Crippen LogP contribution in [0.2, 0.25) is 0 Å². The third-order valence-electron chi connectivity index (χ3n) is 14.6. The number of benzene rings is 3. The average Bonchev–Trinajstić information content (AvgIpc) is 3.80. The van der Waals surface area contributed by atoms with Gasteiger partial charge in [0.15, 0.2) is 24.3 Å². The Balaban J connectivity index is 0.849. The number of nitrogens with two attached hydrogens (primary N) is 6. The van der Waals surface area contributed by atoms with Crippen LogP contribution in [-0.4, -0.2) is 218 Å². The summed E-state index contributed by atoms with van der Waals surface area (Å²) in [7, 11) is 0. The number of fused-ring (bicyclic) bond motifs is 2. The summed E-state index contributed by atoms with van der Waals surface area (Å²) < 4.78 is 42.6. The first-order valence-corrected chi connectivity index (χ1v) is 28.2. The largest absolute Gasteiger partial charge is 0.508 e. The summed E-state index contributed by atoms with van der Waals surface area (Å²) in [6.07, 6.45) is -18.3. The number of phenolic OH excluding ortho intramolecular Hbond substituents is 1. The fraction of sp³-hybridized carbons (Fsp3) is 0.569. The van der Waals surface area contributed by atoms with E-state index in [1.54, 1.807) is 12.1 Å². The monoisotopic (exact) mass is 1160 g/mol. The van der Waals surface area contributed by atoms with Gasteiger partial charge >= 0.3 is 5.97 Å². The van der Waals surface area contributed by atoms with Gasteiger partial charge in [0.2, 0.25) is 11.8 Å². The van der Waals surface area contributed by atoms with Crippen LogP contribution in [0.3, 0.4) is 0 Å². The van der Waals surface area contributed by atoms with Crippen molar-refractivity contribution < 1.29 is 88.1 Å². The number of carboxylic acids is 1. The predicted molar refractivity (Wildman–Crippen MR) is 290 cm³/mol. The summed E-state index contributed by atoms with van der Waals surface area (Å²) >= 11 is 2.49. The number of aliphatic hydroxyl groups is 6. The van der Waals surface area contributed by atoms with Crippen molar-refractivity contribution in [3.63, 3.8) is 0 Å².